The summed E-state index contributed by atoms with van der Waals surface area (Å²) < 4.78 is 0. The third-order valence-corrected chi connectivity index (χ3v) is 3.67. The van der Waals surface area contributed by atoms with Gasteiger partial charge in [-0.2, -0.15) is 0 Å². The van der Waals surface area contributed by atoms with Crippen molar-refractivity contribution in [2.24, 2.45) is 11.8 Å². The number of carbonyl (C=O) groups excluding carboxylic acids is 1. The molecule has 1 fully saturated rings. The molecule has 1 aromatic carbocycles. The zero-order valence-electron chi connectivity index (χ0n) is 10.6. The minimum atomic E-state index is -0.941. The van der Waals surface area contributed by atoms with Gasteiger partial charge in [-0.1, -0.05) is 30.7 Å². The maximum atomic E-state index is 11.9. The molecular formula is C14H16ClNO3. The number of hydrogen-bond acceptors (Lipinski definition) is 2. The Labute approximate surface area is 116 Å². The van der Waals surface area contributed by atoms with Crippen molar-refractivity contribution >= 4 is 23.5 Å². The molecule has 0 unspecified atom stereocenters. The van der Waals surface area contributed by atoms with Crippen molar-refractivity contribution in [3.63, 3.8) is 0 Å². The van der Waals surface area contributed by atoms with E-state index in [4.69, 9.17) is 16.7 Å². The van der Waals surface area contributed by atoms with Crippen LogP contribution in [0.5, 0.6) is 0 Å². The molecule has 19 heavy (non-hydrogen) atoms. The Hall–Kier alpha value is -1.55. The molecule has 4 nitrogen and oxygen atoms in total. The first-order valence-corrected chi connectivity index (χ1v) is 6.63. The highest BCUT2D eigenvalue weighted by Crippen LogP contribution is 2.38. The van der Waals surface area contributed by atoms with Crippen molar-refractivity contribution in [3.8, 4) is 0 Å². The fraction of sp³-hybridized carbons (Fsp3) is 0.429. The van der Waals surface area contributed by atoms with Crippen LogP contribution in [0.3, 0.4) is 0 Å². The van der Waals surface area contributed by atoms with E-state index >= 15 is 0 Å². The van der Waals surface area contributed by atoms with E-state index in [1.807, 2.05) is 6.92 Å². The van der Waals surface area contributed by atoms with E-state index in [0.717, 1.165) is 12.0 Å². The second kappa shape index (κ2) is 5.61. The molecule has 0 saturated heterocycles. The van der Waals surface area contributed by atoms with Crippen molar-refractivity contribution in [2.75, 3.05) is 0 Å². The van der Waals surface area contributed by atoms with Gasteiger partial charge < -0.3 is 10.4 Å². The van der Waals surface area contributed by atoms with Gasteiger partial charge in [-0.3, -0.25) is 9.59 Å². The number of hydrogen-bond donors (Lipinski definition) is 2. The predicted octanol–water partition coefficient (Wildman–Crippen LogP) is 2.63. The number of nitrogens with one attached hydrogen (secondary N) is 1. The second-order valence-electron chi connectivity index (χ2n) is 5.03. The average Bonchev–Trinajstić information content (AvgIpc) is 3.06. The zero-order chi connectivity index (χ0) is 14.0. The van der Waals surface area contributed by atoms with Gasteiger partial charge in [-0.15, -0.1) is 0 Å². The zero-order valence-corrected chi connectivity index (χ0v) is 11.4. The molecule has 2 rings (SSSR count). The summed E-state index contributed by atoms with van der Waals surface area (Å²) in [7, 11) is 0. The van der Waals surface area contributed by atoms with E-state index in [2.05, 4.69) is 5.32 Å². The molecule has 0 bridgehead atoms. The molecule has 0 aromatic heterocycles. The standard InChI is InChI=1S/C14H16ClNO3/c1-8-6-11(8)14(19)16-12(7-13(17)18)9-2-4-10(15)5-3-9/h2-5,8,11-12H,6-7H2,1H3,(H,16,19)(H,17,18)/t8-,11-,12-/m1/s1. The van der Waals surface area contributed by atoms with E-state index in [-0.39, 0.29) is 18.2 Å². The number of aliphatic carboxylic acids is 1. The average molecular weight is 282 g/mol. The highest BCUT2D eigenvalue weighted by molar-refractivity contribution is 6.30. The predicted molar refractivity (Wildman–Crippen MR) is 71.9 cm³/mol. The summed E-state index contributed by atoms with van der Waals surface area (Å²) in [5.41, 5.74) is 0.758. The van der Waals surface area contributed by atoms with Crippen LogP contribution < -0.4 is 5.32 Å². The lowest BCUT2D eigenvalue weighted by molar-refractivity contribution is -0.137. The summed E-state index contributed by atoms with van der Waals surface area (Å²) >= 11 is 5.80. The van der Waals surface area contributed by atoms with Crippen LogP contribution in [-0.2, 0) is 9.59 Å². The number of benzene rings is 1. The molecule has 1 aliphatic rings. The number of carboxylic acid groups (broad SMARTS) is 1. The smallest absolute Gasteiger partial charge is 0.305 e. The van der Waals surface area contributed by atoms with Gasteiger partial charge in [0.05, 0.1) is 12.5 Å². The monoisotopic (exact) mass is 281 g/mol. The Bertz CT molecular complexity index is 486. The van der Waals surface area contributed by atoms with Gasteiger partial charge in [0.1, 0.15) is 0 Å². The lowest BCUT2D eigenvalue weighted by atomic mass is 10.0. The number of halogens is 1. The van der Waals surface area contributed by atoms with Gasteiger partial charge in [-0.05, 0) is 30.0 Å². The summed E-state index contributed by atoms with van der Waals surface area (Å²) in [5.74, 6) is -0.572. The van der Waals surface area contributed by atoms with Crippen molar-refractivity contribution in [1.29, 1.82) is 0 Å². The molecule has 0 heterocycles. The van der Waals surface area contributed by atoms with Crippen LogP contribution in [0, 0.1) is 11.8 Å². The van der Waals surface area contributed by atoms with Crippen LogP contribution >= 0.6 is 11.6 Å². The highest BCUT2D eigenvalue weighted by Gasteiger charge is 2.39. The van der Waals surface area contributed by atoms with E-state index in [1.54, 1.807) is 24.3 Å². The lowest BCUT2D eigenvalue weighted by Crippen LogP contribution is -2.31. The molecule has 0 radical (unpaired) electrons. The number of carboxylic acids is 1. The van der Waals surface area contributed by atoms with E-state index in [9.17, 15) is 9.59 Å². The lowest BCUT2D eigenvalue weighted by Gasteiger charge is -2.17. The Morgan fingerprint density at radius 3 is 2.47 bits per heavy atom. The summed E-state index contributed by atoms with van der Waals surface area (Å²) in [6.45, 7) is 2.01. The Morgan fingerprint density at radius 2 is 2.00 bits per heavy atom. The van der Waals surface area contributed by atoms with Crippen LogP contribution in [0.25, 0.3) is 0 Å². The Balaban J connectivity index is 2.09. The molecule has 5 heteroatoms. The van der Waals surface area contributed by atoms with Gasteiger partial charge in [0.2, 0.25) is 5.91 Å². The molecule has 2 N–H and O–H groups in total. The van der Waals surface area contributed by atoms with Crippen LogP contribution in [0.2, 0.25) is 5.02 Å². The molecule has 3 atom stereocenters. The van der Waals surface area contributed by atoms with Crippen molar-refractivity contribution in [3.05, 3.63) is 34.9 Å². The fourth-order valence-corrected chi connectivity index (χ4v) is 2.21. The second-order valence-corrected chi connectivity index (χ2v) is 5.47. The van der Waals surface area contributed by atoms with Crippen molar-refractivity contribution < 1.29 is 14.7 Å². The first-order chi connectivity index (χ1) is 8.97. The number of rotatable bonds is 5. The van der Waals surface area contributed by atoms with E-state index in [0.29, 0.717) is 10.9 Å². The highest BCUT2D eigenvalue weighted by atomic mass is 35.5. The van der Waals surface area contributed by atoms with Crippen molar-refractivity contribution in [2.45, 2.75) is 25.8 Å². The Kier molecular flexibility index (Phi) is 4.10. The SMILES string of the molecule is C[C@@H]1C[C@H]1C(=O)N[C@H](CC(=O)O)c1ccc(Cl)cc1. The largest absolute Gasteiger partial charge is 0.481 e. The quantitative estimate of drug-likeness (QED) is 0.872. The minimum absolute atomic E-state index is 0.0311. The summed E-state index contributed by atoms with van der Waals surface area (Å²) in [4.78, 5) is 22.8. The van der Waals surface area contributed by atoms with Gasteiger partial charge >= 0.3 is 5.97 Å². The molecule has 1 amide bonds. The fourth-order valence-electron chi connectivity index (χ4n) is 2.09. The number of amides is 1. The maximum absolute atomic E-state index is 11.9. The van der Waals surface area contributed by atoms with Crippen LogP contribution in [0.15, 0.2) is 24.3 Å². The van der Waals surface area contributed by atoms with Gasteiger partial charge in [-0.25, -0.2) is 0 Å². The Morgan fingerprint density at radius 1 is 1.42 bits per heavy atom. The molecule has 0 spiro atoms. The first-order valence-electron chi connectivity index (χ1n) is 6.25. The molecular weight excluding hydrogens is 266 g/mol. The third kappa shape index (κ3) is 3.70. The van der Waals surface area contributed by atoms with Crippen molar-refractivity contribution in [1.82, 2.24) is 5.32 Å². The van der Waals surface area contributed by atoms with Crippen LogP contribution in [0.4, 0.5) is 0 Å². The molecule has 1 aromatic rings. The van der Waals surface area contributed by atoms with Crippen LogP contribution in [0.1, 0.15) is 31.4 Å². The molecule has 1 saturated carbocycles. The molecule has 102 valence electrons. The number of carbonyl (C=O) groups is 2. The third-order valence-electron chi connectivity index (χ3n) is 3.41. The normalized spacial score (nSPS) is 22.6. The summed E-state index contributed by atoms with van der Waals surface area (Å²) in [5, 5.41) is 12.3. The van der Waals surface area contributed by atoms with E-state index < -0.39 is 12.0 Å². The minimum Gasteiger partial charge on any atom is -0.481 e. The van der Waals surface area contributed by atoms with Gasteiger partial charge in [0.15, 0.2) is 0 Å². The summed E-state index contributed by atoms with van der Waals surface area (Å²) in [6, 6.07) is 6.36. The van der Waals surface area contributed by atoms with Gasteiger partial charge in [0, 0.05) is 10.9 Å². The topological polar surface area (TPSA) is 66.4 Å². The van der Waals surface area contributed by atoms with E-state index in [1.165, 1.54) is 0 Å². The summed E-state index contributed by atoms with van der Waals surface area (Å²) in [6.07, 6.45) is 0.751. The van der Waals surface area contributed by atoms with Gasteiger partial charge in [0.25, 0.3) is 0 Å². The first kappa shape index (κ1) is 13.9. The van der Waals surface area contributed by atoms with Crippen LogP contribution in [-0.4, -0.2) is 17.0 Å². The maximum Gasteiger partial charge on any atom is 0.305 e. The molecule has 1 aliphatic carbocycles. The molecule has 0 aliphatic heterocycles.